The molecule has 0 spiro atoms. The van der Waals surface area contributed by atoms with E-state index in [9.17, 15) is 10.5 Å². The Kier molecular flexibility index (Phi) is 6.49. The van der Waals surface area contributed by atoms with Crippen molar-refractivity contribution in [1.29, 1.82) is 10.5 Å². The lowest BCUT2D eigenvalue weighted by Crippen LogP contribution is -2.23. The Bertz CT molecular complexity index is 2350. The minimum absolute atomic E-state index is 0.0570. The summed E-state index contributed by atoms with van der Waals surface area (Å²) in [6.07, 6.45) is 1.85. The fraction of sp³-hybridized carbons (Fsp3) is 0.0909. The standard InChI is InChI=1S/C44H30N4/c45-27-29-17-21-31(22-18-29)33-25-26-34(32-23-19-30(28-46)20-24-32)44(48-41-15-7-3-11-37(41)38-12-4-8-16-42(38)48)43(33)47-39-13-5-1-9-35(39)36-10-2-6-14-40(36)47/h1-24,33-34H,25-26H2. The van der Waals surface area contributed by atoms with Gasteiger partial charge in [0.15, 0.2) is 0 Å². The van der Waals surface area contributed by atoms with Gasteiger partial charge in [-0.05, 0) is 72.5 Å². The summed E-state index contributed by atoms with van der Waals surface area (Å²) in [5.41, 5.74) is 10.9. The molecule has 1 aliphatic carbocycles. The highest BCUT2D eigenvalue weighted by Crippen LogP contribution is 2.52. The van der Waals surface area contributed by atoms with E-state index in [2.05, 4.69) is 143 Å². The molecule has 2 unspecified atom stereocenters. The molecule has 2 aromatic heterocycles. The van der Waals surface area contributed by atoms with Crippen molar-refractivity contribution < 1.29 is 0 Å². The Hall–Kier alpha value is -6.36. The summed E-state index contributed by atoms with van der Waals surface area (Å²) in [7, 11) is 0. The molecule has 0 fully saturated rings. The first-order valence-electron chi connectivity index (χ1n) is 16.5. The normalized spacial score (nSPS) is 16.5. The van der Waals surface area contributed by atoms with Crippen LogP contribution in [0.5, 0.6) is 0 Å². The van der Waals surface area contributed by atoms with Crippen LogP contribution < -0.4 is 0 Å². The monoisotopic (exact) mass is 614 g/mol. The molecule has 6 aromatic carbocycles. The highest BCUT2D eigenvalue weighted by Gasteiger charge is 2.36. The fourth-order valence-electron chi connectivity index (χ4n) is 8.10. The minimum Gasteiger partial charge on any atom is -0.311 e. The highest BCUT2D eigenvalue weighted by atomic mass is 15.1. The fourth-order valence-corrected chi connectivity index (χ4v) is 8.10. The maximum absolute atomic E-state index is 9.66. The van der Waals surface area contributed by atoms with Gasteiger partial charge in [-0.1, -0.05) is 97.1 Å². The summed E-state index contributed by atoms with van der Waals surface area (Å²) in [5, 5.41) is 24.2. The molecule has 0 bridgehead atoms. The summed E-state index contributed by atoms with van der Waals surface area (Å²) in [5.74, 6) is 0.114. The van der Waals surface area contributed by atoms with Gasteiger partial charge in [-0.2, -0.15) is 10.5 Å². The van der Waals surface area contributed by atoms with Crippen molar-refractivity contribution in [3.8, 4) is 12.1 Å². The Morgan fingerprint density at radius 3 is 0.979 bits per heavy atom. The first-order chi connectivity index (χ1) is 23.7. The van der Waals surface area contributed by atoms with Crippen LogP contribution in [0.3, 0.4) is 0 Å². The molecule has 48 heavy (non-hydrogen) atoms. The highest BCUT2D eigenvalue weighted by molar-refractivity contribution is 6.14. The van der Waals surface area contributed by atoms with Gasteiger partial charge in [-0.3, -0.25) is 0 Å². The van der Waals surface area contributed by atoms with Crippen LogP contribution in [0.1, 0.15) is 46.9 Å². The second-order valence-corrected chi connectivity index (χ2v) is 12.7. The summed E-state index contributed by atoms with van der Waals surface area (Å²) in [4.78, 5) is 0. The maximum atomic E-state index is 9.66. The van der Waals surface area contributed by atoms with Crippen LogP contribution in [0, 0.1) is 22.7 Å². The zero-order valence-corrected chi connectivity index (χ0v) is 26.2. The first kappa shape index (κ1) is 27.9. The van der Waals surface area contributed by atoms with Crippen LogP contribution >= 0.6 is 0 Å². The summed E-state index contributed by atoms with van der Waals surface area (Å²) < 4.78 is 5.03. The van der Waals surface area contributed by atoms with E-state index >= 15 is 0 Å². The van der Waals surface area contributed by atoms with Crippen molar-refractivity contribution in [1.82, 2.24) is 9.13 Å². The van der Waals surface area contributed by atoms with Crippen LogP contribution in [0.2, 0.25) is 0 Å². The second-order valence-electron chi connectivity index (χ2n) is 12.7. The number of hydrogen-bond acceptors (Lipinski definition) is 2. The van der Waals surface area contributed by atoms with Gasteiger partial charge in [-0.15, -0.1) is 0 Å². The van der Waals surface area contributed by atoms with Crippen molar-refractivity contribution in [2.24, 2.45) is 0 Å². The van der Waals surface area contributed by atoms with E-state index in [4.69, 9.17) is 0 Å². The summed E-state index contributed by atoms with van der Waals surface area (Å²) in [6.45, 7) is 0. The minimum atomic E-state index is 0.0570. The van der Waals surface area contributed by atoms with Gasteiger partial charge in [0.25, 0.3) is 0 Å². The van der Waals surface area contributed by atoms with Gasteiger partial charge in [-0.25, -0.2) is 0 Å². The third kappa shape index (κ3) is 4.20. The van der Waals surface area contributed by atoms with Crippen LogP contribution in [-0.2, 0) is 0 Å². The third-order valence-electron chi connectivity index (χ3n) is 10.2. The predicted molar refractivity (Wildman–Crippen MR) is 195 cm³/mol. The van der Waals surface area contributed by atoms with E-state index in [1.807, 2.05) is 24.3 Å². The van der Waals surface area contributed by atoms with Gasteiger partial charge in [0.05, 0.1) is 56.7 Å². The SMILES string of the molecule is N#Cc1ccc(C2CCC(c3ccc(C#N)cc3)C(n3c4ccccc4c4ccccc43)=C2n2c3ccccc3c3ccccc32)cc1. The quantitative estimate of drug-likeness (QED) is 0.198. The predicted octanol–water partition coefficient (Wildman–Crippen LogP) is 10.8. The largest absolute Gasteiger partial charge is 0.311 e. The number of aromatic nitrogens is 2. The van der Waals surface area contributed by atoms with E-state index in [1.54, 1.807) is 0 Å². The molecule has 2 atom stereocenters. The lowest BCUT2D eigenvalue weighted by Gasteiger charge is -2.37. The Balaban J connectivity index is 1.49. The molecule has 0 radical (unpaired) electrons. The number of nitrogens with zero attached hydrogens (tertiary/aromatic N) is 4. The van der Waals surface area contributed by atoms with Gasteiger partial charge >= 0.3 is 0 Å². The first-order valence-corrected chi connectivity index (χ1v) is 16.5. The summed E-state index contributed by atoms with van der Waals surface area (Å²) >= 11 is 0. The van der Waals surface area contributed by atoms with Crippen molar-refractivity contribution in [2.75, 3.05) is 0 Å². The number of allylic oxidation sites excluding steroid dienone is 2. The van der Waals surface area contributed by atoms with E-state index < -0.39 is 0 Å². The molecule has 0 amide bonds. The molecule has 0 saturated heterocycles. The zero-order valence-electron chi connectivity index (χ0n) is 26.2. The molecule has 9 rings (SSSR count). The number of nitriles is 2. The topological polar surface area (TPSA) is 57.4 Å². The van der Waals surface area contributed by atoms with Gasteiger partial charge in [0.2, 0.25) is 0 Å². The molecule has 8 aromatic rings. The van der Waals surface area contributed by atoms with Gasteiger partial charge in [0.1, 0.15) is 0 Å². The van der Waals surface area contributed by atoms with Crippen molar-refractivity contribution >= 4 is 55.0 Å². The molecular formula is C44H30N4. The number of para-hydroxylation sites is 4. The van der Waals surface area contributed by atoms with E-state index in [0.29, 0.717) is 11.1 Å². The Labute approximate surface area is 278 Å². The summed E-state index contributed by atoms with van der Waals surface area (Å²) in [6, 6.07) is 55.9. The molecule has 0 aliphatic heterocycles. The Morgan fingerprint density at radius 1 is 0.396 bits per heavy atom. The molecular weight excluding hydrogens is 585 g/mol. The number of fused-ring (bicyclic) bond motifs is 6. The van der Waals surface area contributed by atoms with Crippen LogP contribution in [0.4, 0.5) is 0 Å². The van der Waals surface area contributed by atoms with Crippen LogP contribution in [-0.4, -0.2) is 9.13 Å². The van der Waals surface area contributed by atoms with E-state index in [-0.39, 0.29) is 11.8 Å². The van der Waals surface area contributed by atoms with E-state index in [0.717, 1.165) is 12.8 Å². The average Bonchev–Trinajstić information content (AvgIpc) is 3.67. The zero-order chi connectivity index (χ0) is 32.2. The van der Waals surface area contributed by atoms with Crippen molar-refractivity contribution in [3.05, 3.63) is 168 Å². The molecule has 4 nitrogen and oxygen atoms in total. The molecule has 226 valence electrons. The van der Waals surface area contributed by atoms with Crippen molar-refractivity contribution in [3.63, 3.8) is 0 Å². The van der Waals surface area contributed by atoms with Crippen LogP contribution in [0.25, 0.3) is 55.0 Å². The second kappa shape index (κ2) is 11.2. The molecule has 2 heterocycles. The molecule has 1 aliphatic rings. The van der Waals surface area contributed by atoms with Crippen LogP contribution in [0.15, 0.2) is 146 Å². The number of hydrogen-bond donors (Lipinski definition) is 0. The number of benzene rings is 6. The molecule has 0 N–H and O–H groups in total. The molecule has 4 heteroatoms. The van der Waals surface area contributed by atoms with Crippen molar-refractivity contribution in [2.45, 2.75) is 24.7 Å². The van der Waals surface area contributed by atoms with Gasteiger partial charge in [0, 0.05) is 33.4 Å². The maximum Gasteiger partial charge on any atom is 0.0991 e. The average molecular weight is 615 g/mol. The number of rotatable bonds is 4. The third-order valence-corrected chi connectivity index (χ3v) is 10.2. The smallest absolute Gasteiger partial charge is 0.0991 e. The lowest BCUT2D eigenvalue weighted by atomic mass is 9.76. The lowest BCUT2D eigenvalue weighted by molar-refractivity contribution is 0.598. The van der Waals surface area contributed by atoms with E-state index in [1.165, 1.54) is 66.1 Å². The Morgan fingerprint density at radius 2 is 0.688 bits per heavy atom. The molecule has 0 saturated carbocycles. The van der Waals surface area contributed by atoms with Gasteiger partial charge < -0.3 is 9.13 Å².